The molecule has 1 unspecified atom stereocenters. The molecule has 0 aliphatic carbocycles. The van der Waals surface area contributed by atoms with E-state index in [9.17, 15) is 4.79 Å². The summed E-state index contributed by atoms with van der Waals surface area (Å²) in [4.78, 5) is 10.9. The summed E-state index contributed by atoms with van der Waals surface area (Å²) in [7, 11) is 2.02. The van der Waals surface area contributed by atoms with E-state index in [0.29, 0.717) is 12.5 Å². The van der Waals surface area contributed by atoms with Gasteiger partial charge in [-0.05, 0) is 18.1 Å². The van der Waals surface area contributed by atoms with Crippen LogP contribution in [0.15, 0.2) is 18.5 Å². The molecule has 1 fully saturated rings. The molecular weight excluding hydrogens is 190 g/mol. The van der Waals surface area contributed by atoms with Gasteiger partial charge in [-0.3, -0.25) is 4.79 Å². The van der Waals surface area contributed by atoms with Crippen molar-refractivity contribution < 1.29 is 4.79 Å². The Labute approximate surface area is 89.7 Å². The molecule has 0 saturated carbocycles. The average molecular weight is 207 g/mol. The molecule has 0 spiro atoms. The second kappa shape index (κ2) is 4.49. The van der Waals surface area contributed by atoms with Crippen LogP contribution in [0.1, 0.15) is 18.4 Å². The number of piperidine rings is 1. The fourth-order valence-corrected chi connectivity index (χ4v) is 1.83. The number of rotatable bonds is 3. The predicted molar refractivity (Wildman–Crippen MR) is 58.3 cm³/mol. The molecule has 2 N–H and O–H groups in total. The van der Waals surface area contributed by atoms with Gasteiger partial charge < -0.3 is 15.2 Å². The van der Waals surface area contributed by atoms with Crippen molar-refractivity contribution in [3.63, 3.8) is 0 Å². The number of carbonyl (C=O) groups is 1. The van der Waals surface area contributed by atoms with E-state index in [-0.39, 0.29) is 5.91 Å². The lowest BCUT2D eigenvalue weighted by Gasteiger charge is -2.23. The van der Waals surface area contributed by atoms with Crippen molar-refractivity contribution in [1.29, 1.82) is 0 Å². The molecule has 4 heteroatoms. The Kier molecular flexibility index (Phi) is 3.06. The smallest absolute Gasteiger partial charge is 0.220 e. The SMILES string of the molecule is Cn1ccc(CNC2CCC(=O)NC2)c1. The van der Waals surface area contributed by atoms with Gasteiger partial charge in [-0.2, -0.15) is 0 Å². The summed E-state index contributed by atoms with van der Waals surface area (Å²) in [6.07, 6.45) is 5.74. The lowest BCUT2D eigenvalue weighted by molar-refractivity contribution is -0.122. The molecule has 1 saturated heterocycles. The highest BCUT2D eigenvalue weighted by Crippen LogP contribution is 2.05. The van der Waals surface area contributed by atoms with Crippen molar-refractivity contribution in [1.82, 2.24) is 15.2 Å². The van der Waals surface area contributed by atoms with E-state index in [1.165, 1.54) is 5.56 Å². The first-order chi connectivity index (χ1) is 7.24. The van der Waals surface area contributed by atoms with Crippen LogP contribution < -0.4 is 10.6 Å². The molecule has 1 atom stereocenters. The van der Waals surface area contributed by atoms with E-state index in [1.54, 1.807) is 0 Å². The average Bonchev–Trinajstić information content (AvgIpc) is 2.64. The van der Waals surface area contributed by atoms with E-state index >= 15 is 0 Å². The van der Waals surface area contributed by atoms with Crippen LogP contribution in [0.3, 0.4) is 0 Å². The maximum absolute atomic E-state index is 10.9. The van der Waals surface area contributed by atoms with Gasteiger partial charge in [-0.1, -0.05) is 0 Å². The topological polar surface area (TPSA) is 46.1 Å². The summed E-state index contributed by atoms with van der Waals surface area (Å²) >= 11 is 0. The van der Waals surface area contributed by atoms with Gasteiger partial charge in [0, 0.05) is 45.0 Å². The highest BCUT2D eigenvalue weighted by molar-refractivity contribution is 5.76. The minimum absolute atomic E-state index is 0.174. The Morgan fingerprint density at radius 1 is 1.67 bits per heavy atom. The Morgan fingerprint density at radius 2 is 2.53 bits per heavy atom. The molecule has 2 heterocycles. The van der Waals surface area contributed by atoms with Gasteiger partial charge in [0.2, 0.25) is 5.91 Å². The minimum Gasteiger partial charge on any atom is -0.357 e. The number of aryl methyl sites for hydroxylation is 1. The molecule has 15 heavy (non-hydrogen) atoms. The van der Waals surface area contributed by atoms with Crippen LogP contribution in [0.2, 0.25) is 0 Å². The van der Waals surface area contributed by atoms with E-state index in [2.05, 4.69) is 22.9 Å². The first-order valence-corrected chi connectivity index (χ1v) is 5.35. The number of nitrogens with zero attached hydrogens (tertiary/aromatic N) is 1. The summed E-state index contributed by atoms with van der Waals surface area (Å²) in [5.41, 5.74) is 1.29. The first-order valence-electron chi connectivity index (χ1n) is 5.35. The Hall–Kier alpha value is -1.29. The fourth-order valence-electron chi connectivity index (χ4n) is 1.83. The lowest BCUT2D eigenvalue weighted by atomic mass is 10.1. The van der Waals surface area contributed by atoms with Crippen molar-refractivity contribution in [2.24, 2.45) is 7.05 Å². The van der Waals surface area contributed by atoms with Crippen molar-refractivity contribution in [2.45, 2.75) is 25.4 Å². The molecule has 1 amide bonds. The molecule has 0 radical (unpaired) electrons. The summed E-state index contributed by atoms with van der Waals surface area (Å²) in [5.74, 6) is 0.174. The number of hydrogen-bond donors (Lipinski definition) is 2. The molecule has 0 bridgehead atoms. The number of aromatic nitrogens is 1. The van der Waals surface area contributed by atoms with E-state index < -0.39 is 0 Å². The fraction of sp³-hybridized carbons (Fsp3) is 0.545. The number of nitrogens with one attached hydrogen (secondary N) is 2. The second-order valence-corrected chi connectivity index (χ2v) is 4.11. The summed E-state index contributed by atoms with van der Waals surface area (Å²) in [6, 6.07) is 2.52. The lowest BCUT2D eigenvalue weighted by Crippen LogP contribution is -2.45. The maximum atomic E-state index is 10.9. The molecule has 2 rings (SSSR count). The van der Waals surface area contributed by atoms with Crippen LogP contribution in [0.5, 0.6) is 0 Å². The molecule has 4 nitrogen and oxygen atoms in total. The van der Waals surface area contributed by atoms with Crippen molar-refractivity contribution >= 4 is 5.91 Å². The molecule has 1 aliphatic heterocycles. The third-order valence-corrected chi connectivity index (χ3v) is 2.75. The number of carbonyl (C=O) groups excluding carboxylic acids is 1. The maximum Gasteiger partial charge on any atom is 0.220 e. The van der Waals surface area contributed by atoms with Crippen molar-refractivity contribution in [3.8, 4) is 0 Å². The van der Waals surface area contributed by atoms with Crippen LogP contribution in [0, 0.1) is 0 Å². The zero-order chi connectivity index (χ0) is 10.7. The molecule has 82 valence electrons. The van der Waals surface area contributed by atoms with Crippen LogP contribution in [-0.2, 0) is 18.4 Å². The zero-order valence-electron chi connectivity index (χ0n) is 8.99. The van der Waals surface area contributed by atoms with Crippen LogP contribution >= 0.6 is 0 Å². The second-order valence-electron chi connectivity index (χ2n) is 4.11. The van der Waals surface area contributed by atoms with Gasteiger partial charge in [-0.25, -0.2) is 0 Å². The third-order valence-electron chi connectivity index (χ3n) is 2.75. The predicted octanol–water partition coefficient (Wildman–Crippen LogP) is 0.393. The van der Waals surface area contributed by atoms with Gasteiger partial charge in [0.05, 0.1) is 0 Å². The Balaban J connectivity index is 1.76. The van der Waals surface area contributed by atoms with Gasteiger partial charge in [0.25, 0.3) is 0 Å². The van der Waals surface area contributed by atoms with E-state index in [0.717, 1.165) is 19.5 Å². The van der Waals surface area contributed by atoms with Crippen molar-refractivity contribution in [2.75, 3.05) is 6.54 Å². The van der Waals surface area contributed by atoms with Gasteiger partial charge >= 0.3 is 0 Å². The highest BCUT2D eigenvalue weighted by Gasteiger charge is 2.16. The standard InChI is InChI=1S/C11H17N3O/c1-14-5-4-9(8-14)6-12-10-2-3-11(15)13-7-10/h4-5,8,10,12H,2-3,6-7H2,1H3,(H,13,15). The molecule has 0 aromatic carbocycles. The first kappa shape index (κ1) is 10.2. The van der Waals surface area contributed by atoms with Crippen LogP contribution in [-0.4, -0.2) is 23.1 Å². The zero-order valence-corrected chi connectivity index (χ0v) is 8.99. The monoisotopic (exact) mass is 207 g/mol. The van der Waals surface area contributed by atoms with Crippen LogP contribution in [0.4, 0.5) is 0 Å². The van der Waals surface area contributed by atoms with Gasteiger partial charge in [0.1, 0.15) is 0 Å². The molecule has 1 aliphatic rings. The third kappa shape index (κ3) is 2.83. The Bertz CT molecular complexity index is 335. The molecule has 1 aromatic rings. The largest absolute Gasteiger partial charge is 0.357 e. The highest BCUT2D eigenvalue weighted by atomic mass is 16.1. The minimum atomic E-state index is 0.174. The van der Waals surface area contributed by atoms with Crippen LogP contribution in [0.25, 0.3) is 0 Å². The molecule has 1 aromatic heterocycles. The molecular formula is C11H17N3O. The van der Waals surface area contributed by atoms with Gasteiger partial charge in [0.15, 0.2) is 0 Å². The Morgan fingerprint density at radius 3 is 3.13 bits per heavy atom. The van der Waals surface area contributed by atoms with E-state index in [4.69, 9.17) is 0 Å². The summed E-state index contributed by atoms with van der Waals surface area (Å²) in [6.45, 7) is 1.63. The summed E-state index contributed by atoms with van der Waals surface area (Å²) in [5, 5.41) is 6.31. The quantitative estimate of drug-likeness (QED) is 0.753. The number of amides is 1. The normalized spacial score (nSPS) is 21.4. The van der Waals surface area contributed by atoms with E-state index in [1.807, 2.05) is 17.8 Å². The summed E-state index contributed by atoms with van der Waals surface area (Å²) < 4.78 is 2.04. The van der Waals surface area contributed by atoms with Gasteiger partial charge in [-0.15, -0.1) is 0 Å². The van der Waals surface area contributed by atoms with Crippen molar-refractivity contribution in [3.05, 3.63) is 24.0 Å². The number of hydrogen-bond acceptors (Lipinski definition) is 2.